The Labute approximate surface area is 111 Å². The van der Waals surface area contributed by atoms with Crippen molar-refractivity contribution in [3.8, 4) is 0 Å². The SMILES string of the molecule is CCC1(CC)CCN(C(=O)[C@H]2CCCNC2)CC1. The molecule has 18 heavy (non-hydrogen) atoms. The van der Waals surface area contributed by atoms with Crippen molar-refractivity contribution in [3.05, 3.63) is 0 Å². The topological polar surface area (TPSA) is 32.3 Å². The van der Waals surface area contributed by atoms with Gasteiger partial charge in [0.2, 0.25) is 5.91 Å². The summed E-state index contributed by atoms with van der Waals surface area (Å²) in [5.74, 6) is 0.650. The van der Waals surface area contributed by atoms with Gasteiger partial charge in [0.25, 0.3) is 0 Å². The number of nitrogens with zero attached hydrogens (tertiary/aromatic N) is 1. The second-order valence-electron chi connectivity index (χ2n) is 6.08. The van der Waals surface area contributed by atoms with Crippen molar-refractivity contribution >= 4 is 5.91 Å². The van der Waals surface area contributed by atoms with Crippen LogP contribution < -0.4 is 5.32 Å². The molecule has 2 fully saturated rings. The molecule has 2 saturated heterocycles. The van der Waals surface area contributed by atoms with Gasteiger partial charge in [0, 0.05) is 19.6 Å². The minimum absolute atomic E-state index is 0.245. The largest absolute Gasteiger partial charge is 0.342 e. The van der Waals surface area contributed by atoms with Crippen molar-refractivity contribution in [2.75, 3.05) is 26.2 Å². The molecule has 1 amide bonds. The maximum Gasteiger partial charge on any atom is 0.226 e. The molecule has 0 spiro atoms. The summed E-state index contributed by atoms with van der Waals surface area (Å²) in [7, 11) is 0. The normalized spacial score (nSPS) is 28.1. The highest BCUT2D eigenvalue weighted by molar-refractivity contribution is 5.79. The molecule has 1 N–H and O–H groups in total. The average molecular weight is 252 g/mol. The lowest BCUT2D eigenvalue weighted by atomic mass is 9.74. The summed E-state index contributed by atoms with van der Waals surface area (Å²) in [5.41, 5.74) is 0.515. The molecule has 0 unspecified atom stereocenters. The quantitative estimate of drug-likeness (QED) is 0.836. The summed E-state index contributed by atoms with van der Waals surface area (Å²) in [4.78, 5) is 14.6. The van der Waals surface area contributed by atoms with Crippen LogP contribution in [0.1, 0.15) is 52.4 Å². The van der Waals surface area contributed by atoms with E-state index in [1.54, 1.807) is 0 Å². The highest BCUT2D eigenvalue weighted by Crippen LogP contribution is 2.38. The fourth-order valence-corrected chi connectivity index (χ4v) is 3.48. The minimum atomic E-state index is 0.245. The number of carbonyl (C=O) groups excluding carboxylic acids is 1. The first kappa shape index (κ1) is 13.9. The molecule has 104 valence electrons. The van der Waals surface area contributed by atoms with Gasteiger partial charge in [0.15, 0.2) is 0 Å². The molecule has 3 heteroatoms. The molecule has 0 radical (unpaired) electrons. The Morgan fingerprint density at radius 3 is 2.44 bits per heavy atom. The van der Waals surface area contributed by atoms with Crippen LogP contribution in [0.3, 0.4) is 0 Å². The lowest BCUT2D eigenvalue weighted by Gasteiger charge is -2.42. The molecule has 2 rings (SSSR count). The number of likely N-dealkylation sites (tertiary alicyclic amines) is 1. The van der Waals surface area contributed by atoms with Crippen LogP contribution in [0, 0.1) is 11.3 Å². The summed E-state index contributed by atoms with van der Waals surface area (Å²) in [6, 6.07) is 0. The Bertz CT molecular complexity index is 270. The van der Waals surface area contributed by atoms with E-state index in [-0.39, 0.29) is 5.92 Å². The molecule has 3 nitrogen and oxygen atoms in total. The molecule has 1 atom stereocenters. The smallest absolute Gasteiger partial charge is 0.226 e. The molecule has 0 aromatic rings. The number of nitrogens with one attached hydrogen (secondary N) is 1. The monoisotopic (exact) mass is 252 g/mol. The van der Waals surface area contributed by atoms with Crippen LogP contribution in [0.4, 0.5) is 0 Å². The molecule has 2 aliphatic rings. The van der Waals surface area contributed by atoms with E-state index >= 15 is 0 Å². The van der Waals surface area contributed by atoms with E-state index in [2.05, 4.69) is 24.1 Å². The van der Waals surface area contributed by atoms with Gasteiger partial charge < -0.3 is 10.2 Å². The molecule has 2 aliphatic heterocycles. The van der Waals surface area contributed by atoms with Gasteiger partial charge in [-0.15, -0.1) is 0 Å². The van der Waals surface area contributed by atoms with E-state index in [0.717, 1.165) is 39.0 Å². The van der Waals surface area contributed by atoms with Crippen LogP contribution in [-0.4, -0.2) is 37.0 Å². The van der Waals surface area contributed by atoms with Gasteiger partial charge in [0.1, 0.15) is 0 Å². The Hall–Kier alpha value is -0.570. The summed E-state index contributed by atoms with van der Waals surface area (Å²) in [6.07, 6.45) is 7.15. The van der Waals surface area contributed by atoms with Crippen LogP contribution in [0.15, 0.2) is 0 Å². The Kier molecular flexibility index (Phi) is 4.66. The van der Waals surface area contributed by atoms with Gasteiger partial charge >= 0.3 is 0 Å². The van der Waals surface area contributed by atoms with Crippen LogP contribution in [-0.2, 0) is 4.79 Å². The second kappa shape index (κ2) is 6.05. The molecule has 2 heterocycles. The third-order valence-corrected chi connectivity index (χ3v) is 5.28. The summed E-state index contributed by atoms with van der Waals surface area (Å²) >= 11 is 0. The van der Waals surface area contributed by atoms with Gasteiger partial charge in [-0.25, -0.2) is 0 Å². The number of hydrogen-bond acceptors (Lipinski definition) is 2. The number of carbonyl (C=O) groups is 1. The van der Waals surface area contributed by atoms with Crippen molar-refractivity contribution < 1.29 is 4.79 Å². The predicted octanol–water partition coefficient (Wildman–Crippen LogP) is 2.41. The first-order valence-corrected chi connectivity index (χ1v) is 7.70. The van der Waals surface area contributed by atoms with Gasteiger partial charge in [-0.05, 0) is 37.6 Å². The molecule has 0 aromatic heterocycles. The highest BCUT2D eigenvalue weighted by Gasteiger charge is 2.34. The average Bonchev–Trinajstić information content (AvgIpc) is 2.47. The maximum atomic E-state index is 12.4. The molecular formula is C15H28N2O. The standard InChI is InChI=1S/C15H28N2O/c1-3-15(4-2)7-10-17(11-8-15)14(18)13-6-5-9-16-12-13/h13,16H,3-12H2,1-2H3/t13-/m0/s1. The number of piperidine rings is 2. The minimum Gasteiger partial charge on any atom is -0.342 e. The van der Waals surface area contributed by atoms with E-state index in [1.807, 2.05) is 0 Å². The lowest BCUT2D eigenvalue weighted by molar-refractivity contribution is -0.138. The Morgan fingerprint density at radius 2 is 1.94 bits per heavy atom. The Balaban J connectivity index is 1.87. The fraction of sp³-hybridized carbons (Fsp3) is 0.933. The van der Waals surface area contributed by atoms with Crippen molar-refractivity contribution in [2.24, 2.45) is 11.3 Å². The third kappa shape index (κ3) is 2.87. The fourth-order valence-electron chi connectivity index (χ4n) is 3.48. The number of hydrogen-bond donors (Lipinski definition) is 1. The molecule has 0 aromatic carbocycles. The Morgan fingerprint density at radius 1 is 1.28 bits per heavy atom. The summed E-state index contributed by atoms with van der Waals surface area (Å²) < 4.78 is 0. The van der Waals surface area contributed by atoms with E-state index in [4.69, 9.17) is 0 Å². The van der Waals surface area contributed by atoms with E-state index < -0.39 is 0 Å². The van der Waals surface area contributed by atoms with Crippen LogP contribution in [0.25, 0.3) is 0 Å². The van der Waals surface area contributed by atoms with Gasteiger partial charge in [0.05, 0.1) is 5.92 Å². The zero-order chi connectivity index (χ0) is 13.0. The second-order valence-corrected chi connectivity index (χ2v) is 6.08. The van der Waals surface area contributed by atoms with Crippen LogP contribution in [0.2, 0.25) is 0 Å². The van der Waals surface area contributed by atoms with Crippen molar-refractivity contribution in [3.63, 3.8) is 0 Å². The van der Waals surface area contributed by atoms with Crippen molar-refractivity contribution in [2.45, 2.75) is 52.4 Å². The lowest BCUT2D eigenvalue weighted by Crippen LogP contribution is -2.48. The zero-order valence-corrected chi connectivity index (χ0v) is 12.0. The van der Waals surface area contributed by atoms with Gasteiger partial charge in [-0.1, -0.05) is 26.7 Å². The molecule has 0 bridgehead atoms. The zero-order valence-electron chi connectivity index (χ0n) is 12.0. The van der Waals surface area contributed by atoms with E-state index in [9.17, 15) is 4.79 Å². The summed E-state index contributed by atoms with van der Waals surface area (Å²) in [5, 5.41) is 3.35. The molecule has 0 saturated carbocycles. The predicted molar refractivity (Wildman–Crippen MR) is 74.4 cm³/mol. The first-order valence-electron chi connectivity index (χ1n) is 7.70. The maximum absolute atomic E-state index is 12.4. The van der Waals surface area contributed by atoms with E-state index in [0.29, 0.717) is 11.3 Å². The van der Waals surface area contributed by atoms with E-state index in [1.165, 1.54) is 25.7 Å². The number of rotatable bonds is 3. The van der Waals surface area contributed by atoms with Crippen LogP contribution in [0.5, 0.6) is 0 Å². The highest BCUT2D eigenvalue weighted by atomic mass is 16.2. The van der Waals surface area contributed by atoms with Crippen molar-refractivity contribution in [1.82, 2.24) is 10.2 Å². The van der Waals surface area contributed by atoms with Crippen molar-refractivity contribution in [1.29, 1.82) is 0 Å². The number of amides is 1. The molecular weight excluding hydrogens is 224 g/mol. The molecule has 0 aliphatic carbocycles. The first-order chi connectivity index (χ1) is 8.71. The third-order valence-electron chi connectivity index (χ3n) is 5.28. The van der Waals surface area contributed by atoms with Crippen LogP contribution >= 0.6 is 0 Å². The van der Waals surface area contributed by atoms with Gasteiger partial charge in [-0.3, -0.25) is 4.79 Å². The summed E-state index contributed by atoms with van der Waals surface area (Å²) in [6.45, 7) is 8.53. The van der Waals surface area contributed by atoms with Gasteiger partial charge in [-0.2, -0.15) is 0 Å².